The maximum Gasteiger partial charge on any atom is 0.407 e. The van der Waals surface area contributed by atoms with E-state index in [1.165, 1.54) is 19.2 Å². The fourth-order valence-electron chi connectivity index (χ4n) is 3.57. The number of aromatic nitrogens is 1. The molecule has 0 unspecified atom stereocenters. The van der Waals surface area contributed by atoms with Crippen molar-refractivity contribution in [1.29, 1.82) is 5.26 Å². The van der Waals surface area contributed by atoms with Gasteiger partial charge >= 0.3 is 6.09 Å². The summed E-state index contributed by atoms with van der Waals surface area (Å²) >= 11 is 6.44. The second-order valence-corrected chi connectivity index (χ2v) is 8.92. The van der Waals surface area contributed by atoms with Crippen LogP contribution in [0.25, 0.3) is 11.1 Å². The number of rotatable bonds is 4. The van der Waals surface area contributed by atoms with E-state index in [2.05, 4.69) is 16.4 Å². The maximum atomic E-state index is 14.2. The normalized spacial score (nSPS) is 14.6. The summed E-state index contributed by atoms with van der Waals surface area (Å²) in [7, 11) is 1.38. The Hall–Kier alpha value is -3.05. The van der Waals surface area contributed by atoms with E-state index in [0.717, 1.165) is 0 Å². The number of halogens is 2. The first-order valence-corrected chi connectivity index (χ1v) is 10.7. The molecule has 2 aromatic rings. The summed E-state index contributed by atoms with van der Waals surface area (Å²) in [6, 6.07) is 8.19. The number of carbonyl (C=O) groups is 1. The highest BCUT2D eigenvalue weighted by atomic mass is 35.5. The summed E-state index contributed by atoms with van der Waals surface area (Å²) in [5.41, 5.74) is 0.580. The number of piperidine rings is 1. The number of ether oxygens (including phenoxy) is 2. The molecule has 1 aromatic heterocycles. The number of hydrogen-bond donors (Lipinski definition) is 1. The molecule has 1 aromatic carbocycles. The standard InChI is InChI=1S/C23H26ClFN4O3/c1-23(2,3)32-22(30)27-16-7-9-29(10-8-16)19-12-15(13-26)20(21(24)28-19)14-5-6-18(31-4)17(25)11-14/h5-6,11-12,16H,7-10H2,1-4H3,(H,27,30). The van der Waals surface area contributed by atoms with Gasteiger partial charge in [0.25, 0.3) is 0 Å². The molecule has 1 aliphatic rings. The molecule has 0 radical (unpaired) electrons. The van der Waals surface area contributed by atoms with Crippen molar-refractivity contribution in [3.05, 3.63) is 40.8 Å². The molecular formula is C23H26ClFN4O3. The first-order chi connectivity index (χ1) is 15.1. The third kappa shape index (κ3) is 5.60. The summed E-state index contributed by atoms with van der Waals surface area (Å²) in [5.74, 6) is 0.129. The summed E-state index contributed by atoms with van der Waals surface area (Å²) in [5, 5.41) is 12.7. The van der Waals surface area contributed by atoms with Crippen molar-refractivity contribution in [2.75, 3.05) is 25.1 Å². The summed E-state index contributed by atoms with van der Waals surface area (Å²) in [6.07, 6.45) is 0.970. The van der Waals surface area contributed by atoms with Crippen molar-refractivity contribution < 1.29 is 18.7 Å². The van der Waals surface area contributed by atoms with Crippen LogP contribution in [0.4, 0.5) is 15.0 Å². The second kappa shape index (κ2) is 9.61. The van der Waals surface area contributed by atoms with Gasteiger partial charge in [-0.3, -0.25) is 0 Å². The molecule has 0 spiro atoms. The first kappa shape index (κ1) is 23.6. The van der Waals surface area contributed by atoms with Crippen LogP contribution in [0.3, 0.4) is 0 Å². The number of nitriles is 1. The van der Waals surface area contributed by atoms with Crippen LogP contribution in [0.15, 0.2) is 24.3 Å². The van der Waals surface area contributed by atoms with Crippen molar-refractivity contribution in [2.24, 2.45) is 0 Å². The van der Waals surface area contributed by atoms with Gasteiger partial charge in [-0.2, -0.15) is 5.26 Å². The Labute approximate surface area is 192 Å². The summed E-state index contributed by atoms with van der Waals surface area (Å²) in [4.78, 5) is 18.5. The fourth-order valence-corrected chi connectivity index (χ4v) is 3.87. The smallest absolute Gasteiger partial charge is 0.407 e. The molecule has 9 heteroatoms. The highest BCUT2D eigenvalue weighted by Crippen LogP contribution is 2.35. The van der Waals surface area contributed by atoms with Gasteiger partial charge in [-0.05, 0) is 57.4 Å². The monoisotopic (exact) mass is 460 g/mol. The van der Waals surface area contributed by atoms with E-state index in [9.17, 15) is 14.4 Å². The van der Waals surface area contributed by atoms with Gasteiger partial charge in [-0.25, -0.2) is 14.2 Å². The average Bonchev–Trinajstić information content (AvgIpc) is 2.72. The van der Waals surface area contributed by atoms with Gasteiger partial charge in [0.2, 0.25) is 0 Å². The van der Waals surface area contributed by atoms with Crippen LogP contribution < -0.4 is 15.0 Å². The molecule has 3 rings (SSSR count). The first-order valence-electron chi connectivity index (χ1n) is 10.3. The summed E-state index contributed by atoms with van der Waals surface area (Å²) < 4.78 is 24.4. The van der Waals surface area contributed by atoms with E-state index in [0.29, 0.717) is 48.4 Å². The molecule has 32 heavy (non-hydrogen) atoms. The Morgan fingerprint density at radius 1 is 1.31 bits per heavy atom. The minimum atomic E-state index is -0.548. The summed E-state index contributed by atoms with van der Waals surface area (Å²) in [6.45, 7) is 6.72. The predicted octanol–water partition coefficient (Wildman–Crippen LogP) is 4.91. The lowest BCUT2D eigenvalue weighted by molar-refractivity contribution is 0.0497. The van der Waals surface area contributed by atoms with E-state index in [1.54, 1.807) is 12.1 Å². The van der Waals surface area contributed by atoms with Gasteiger partial charge < -0.3 is 19.7 Å². The minimum Gasteiger partial charge on any atom is -0.494 e. The van der Waals surface area contributed by atoms with E-state index < -0.39 is 17.5 Å². The molecule has 0 bridgehead atoms. The Kier molecular flexibility index (Phi) is 7.09. The Balaban J connectivity index is 1.74. The molecule has 0 saturated carbocycles. The lowest BCUT2D eigenvalue weighted by atomic mass is 10.0. The Bertz CT molecular complexity index is 1040. The number of pyridine rings is 1. The van der Waals surface area contributed by atoms with Gasteiger partial charge in [0, 0.05) is 24.7 Å². The van der Waals surface area contributed by atoms with Gasteiger partial charge in [-0.15, -0.1) is 0 Å². The van der Waals surface area contributed by atoms with Gasteiger partial charge in [-0.1, -0.05) is 17.7 Å². The minimum absolute atomic E-state index is 0.00597. The average molecular weight is 461 g/mol. The molecule has 1 saturated heterocycles. The molecule has 7 nitrogen and oxygen atoms in total. The number of alkyl carbamates (subject to hydrolysis) is 1. The fraction of sp³-hybridized carbons (Fsp3) is 0.435. The Morgan fingerprint density at radius 3 is 2.56 bits per heavy atom. The van der Waals surface area contributed by atoms with E-state index >= 15 is 0 Å². The van der Waals surface area contributed by atoms with E-state index in [4.69, 9.17) is 21.1 Å². The van der Waals surface area contributed by atoms with E-state index in [-0.39, 0.29) is 16.9 Å². The molecular weight excluding hydrogens is 435 g/mol. The zero-order valence-electron chi connectivity index (χ0n) is 18.5. The topological polar surface area (TPSA) is 87.5 Å². The highest BCUT2D eigenvalue weighted by molar-refractivity contribution is 6.32. The van der Waals surface area contributed by atoms with Crippen molar-refractivity contribution in [1.82, 2.24) is 10.3 Å². The number of nitrogens with one attached hydrogen (secondary N) is 1. The number of benzene rings is 1. The zero-order valence-corrected chi connectivity index (χ0v) is 19.3. The number of hydrogen-bond acceptors (Lipinski definition) is 6. The molecule has 0 aliphatic carbocycles. The highest BCUT2D eigenvalue weighted by Gasteiger charge is 2.25. The van der Waals surface area contributed by atoms with Crippen molar-refractivity contribution in [3.8, 4) is 22.9 Å². The van der Waals surface area contributed by atoms with Crippen LogP contribution in [0, 0.1) is 17.1 Å². The second-order valence-electron chi connectivity index (χ2n) is 8.56. The van der Waals surface area contributed by atoms with Crippen molar-refractivity contribution in [3.63, 3.8) is 0 Å². The molecule has 1 aliphatic heterocycles. The van der Waals surface area contributed by atoms with Crippen LogP contribution in [-0.2, 0) is 4.74 Å². The van der Waals surface area contributed by atoms with Gasteiger partial charge in [0.05, 0.1) is 12.7 Å². The van der Waals surface area contributed by atoms with Gasteiger partial charge in [0.1, 0.15) is 22.6 Å². The SMILES string of the molecule is COc1ccc(-c2c(C#N)cc(N3CCC(NC(=O)OC(C)(C)C)CC3)nc2Cl)cc1F. The quantitative estimate of drug-likeness (QED) is 0.652. The van der Waals surface area contributed by atoms with Crippen LogP contribution in [0.5, 0.6) is 5.75 Å². The third-order valence-electron chi connectivity index (χ3n) is 5.06. The third-order valence-corrected chi connectivity index (χ3v) is 5.34. The zero-order chi connectivity index (χ0) is 23.5. The molecule has 1 N–H and O–H groups in total. The lowest BCUT2D eigenvalue weighted by Crippen LogP contribution is -2.46. The number of anilines is 1. The number of nitrogens with zero attached hydrogens (tertiary/aromatic N) is 3. The Morgan fingerprint density at radius 2 is 2.00 bits per heavy atom. The number of amides is 1. The molecule has 2 heterocycles. The van der Waals surface area contributed by atoms with Crippen molar-refractivity contribution >= 4 is 23.5 Å². The number of carbonyl (C=O) groups excluding carboxylic acids is 1. The van der Waals surface area contributed by atoms with Crippen LogP contribution in [0.2, 0.25) is 5.15 Å². The molecule has 1 fully saturated rings. The van der Waals surface area contributed by atoms with Gasteiger partial charge in [0.15, 0.2) is 11.6 Å². The van der Waals surface area contributed by atoms with Crippen LogP contribution in [-0.4, -0.2) is 42.9 Å². The maximum absolute atomic E-state index is 14.2. The molecule has 0 atom stereocenters. The van der Waals surface area contributed by atoms with Crippen LogP contribution >= 0.6 is 11.6 Å². The molecule has 1 amide bonds. The van der Waals surface area contributed by atoms with Crippen LogP contribution in [0.1, 0.15) is 39.2 Å². The largest absolute Gasteiger partial charge is 0.494 e. The predicted molar refractivity (Wildman–Crippen MR) is 121 cm³/mol. The number of methoxy groups -OCH3 is 1. The van der Waals surface area contributed by atoms with E-state index in [1.807, 2.05) is 25.7 Å². The molecule has 170 valence electrons. The lowest BCUT2D eigenvalue weighted by Gasteiger charge is -2.33. The van der Waals surface area contributed by atoms with Crippen molar-refractivity contribution in [2.45, 2.75) is 45.3 Å².